The van der Waals surface area contributed by atoms with Gasteiger partial charge in [0.25, 0.3) is 0 Å². The second-order valence-corrected chi connectivity index (χ2v) is 8.06. The third-order valence-corrected chi connectivity index (χ3v) is 4.60. The van der Waals surface area contributed by atoms with Crippen molar-refractivity contribution < 1.29 is 9.47 Å². The fraction of sp³-hybridized carbons (Fsp3) is 0.647. The number of hydrogen-bond acceptors (Lipinski definition) is 3. The van der Waals surface area contributed by atoms with Crippen LogP contribution in [0.15, 0.2) is 22.7 Å². The van der Waals surface area contributed by atoms with Gasteiger partial charge < -0.3 is 15.2 Å². The summed E-state index contributed by atoms with van der Waals surface area (Å²) in [5.41, 5.74) is 6.66. The highest BCUT2D eigenvalue weighted by molar-refractivity contribution is 9.10. The lowest BCUT2D eigenvalue weighted by Crippen LogP contribution is -2.36. The Morgan fingerprint density at radius 1 is 1.38 bits per heavy atom. The molecular weight excluding hydrogens is 330 g/mol. The SMILES string of the molecule is CC(N)Cc1cc(OC2CC(C)(C)OC2(C)C)ccc1Br. The predicted molar refractivity (Wildman–Crippen MR) is 89.8 cm³/mol. The Kier molecular flexibility index (Phi) is 4.72. The minimum atomic E-state index is -0.280. The zero-order valence-electron chi connectivity index (χ0n) is 13.6. The molecule has 2 N–H and O–H groups in total. The van der Waals surface area contributed by atoms with Gasteiger partial charge in [0, 0.05) is 16.9 Å². The maximum absolute atomic E-state index is 6.22. The van der Waals surface area contributed by atoms with Crippen LogP contribution >= 0.6 is 15.9 Å². The third-order valence-electron chi connectivity index (χ3n) is 3.83. The molecule has 4 heteroatoms. The van der Waals surface area contributed by atoms with Crippen LogP contribution in [0.5, 0.6) is 5.75 Å². The van der Waals surface area contributed by atoms with Gasteiger partial charge in [-0.15, -0.1) is 0 Å². The molecule has 0 radical (unpaired) electrons. The average Bonchev–Trinajstić information content (AvgIpc) is 2.50. The first-order valence-corrected chi connectivity index (χ1v) is 8.29. The summed E-state index contributed by atoms with van der Waals surface area (Å²) in [4.78, 5) is 0. The molecule has 0 aliphatic carbocycles. The molecule has 118 valence electrons. The van der Waals surface area contributed by atoms with Gasteiger partial charge in [-0.25, -0.2) is 0 Å². The van der Waals surface area contributed by atoms with E-state index in [1.807, 2.05) is 19.1 Å². The molecule has 1 aromatic rings. The van der Waals surface area contributed by atoms with E-state index >= 15 is 0 Å². The molecule has 0 spiro atoms. The van der Waals surface area contributed by atoms with Crippen molar-refractivity contribution in [3.05, 3.63) is 28.2 Å². The van der Waals surface area contributed by atoms with Gasteiger partial charge in [-0.3, -0.25) is 0 Å². The summed E-state index contributed by atoms with van der Waals surface area (Å²) >= 11 is 3.58. The molecule has 2 atom stereocenters. The number of halogens is 1. The standard InChI is InChI=1S/C17H26BrNO2/c1-11(19)8-12-9-13(6-7-14(12)18)20-15-10-16(2,3)21-17(15,4)5/h6-7,9,11,15H,8,10,19H2,1-5H3. The lowest BCUT2D eigenvalue weighted by atomic mass is 9.97. The molecule has 1 aliphatic heterocycles. The molecular formula is C17H26BrNO2. The van der Waals surface area contributed by atoms with Gasteiger partial charge in [0.15, 0.2) is 0 Å². The Hall–Kier alpha value is -0.580. The highest BCUT2D eigenvalue weighted by atomic mass is 79.9. The van der Waals surface area contributed by atoms with E-state index < -0.39 is 0 Å². The van der Waals surface area contributed by atoms with Gasteiger partial charge in [0.1, 0.15) is 17.5 Å². The van der Waals surface area contributed by atoms with Crippen LogP contribution in [0, 0.1) is 0 Å². The van der Waals surface area contributed by atoms with Gasteiger partial charge in [-0.05, 0) is 64.8 Å². The van der Waals surface area contributed by atoms with Crippen molar-refractivity contribution in [3.8, 4) is 5.75 Å². The molecule has 2 unspecified atom stereocenters. The Morgan fingerprint density at radius 2 is 2.05 bits per heavy atom. The van der Waals surface area contributed by atoms with Crippen LogP contribution in [0.2, 0.25) is 0 Å². The Morgan fingerprint density at radius 3 is 2.57 bits per heavy atom. The summed E-state index contributed by atoms with van der Waals surface area (Å²) in [5, 5.41) is 0. The van der Waals surface area contributed by atoms with Gasteiger partial charge in [0.05, 0.1) is 5.60 Å². The van der Waals surface area contributed by atoms with Crippen molar-refractivity contribution in [3.63, 3.8) is 0 Å². The number of nitrogens with two attached hydrogens (primary N) is 1. The van der Waals surface area contributed by atoms with E-state index in [9.17, 15) is 0 Å². The molecule has 1 aromatic carbocycles. The molecule has 0 saturated carbocycles. The molecule has 2 rings (SSSR count). The summed E-state index contributed by atoms with van der Waals surface area (Å²) in [6.45, 7) is 10.4. The molecule has 1 aliphatic rings. The topological polar surface area (TPSA) is 44.5 Å². The van der Waals surface area contributed by atoms with E-state index in [4.69, 9.17) is 15.2 Å². The molecule has 1 heterocycles. The van der Waals surface area contributed by atoms with E-state index in [0.717, 1.165) is 23.1 Å². The van der Waals surface area contributed by atoms with Crippen molar-refractivity contribution in [2.45, 2.75) is 70.8 Å². The Balaban J connectivity index is 2.16. The predicted octanol–water partition coefficient (Wildman–Crippen LogP) is 4.06. The molecule has 1 fully saturated rings. The molecule has 0 aromatic heterocycles. The molecule has 0 bridgehead atoms. The van der Waals surface area contributed by atoms with Crippen LogP contribution in [0.4, 0.5) is 0 Å². The van der Waals surface area contributed by atoms with E-state index in [0.29, 0.717) is 0 Å². The van der Waals surface area contributed by atoms with Crippen LogP contribution in [-0.4, -0.2) is 23.3 Å². The largest absolute Gasteiger partial charge is 0.487 e. The lowest BCUT2D eigenvalue weighted by Gasteiger charge is -2.27. The monoisotopic (exact) mass is 355 g/mol. The van der Waals surface area contributed by atoms with Crippen LogP contribution in [0.3, 0.4) is 0 Å². The smallest absolute Gasteiger partial charge is 0.130 e. The fourth-order valence-electron chi connectivity index (χ4n) is 2.99. The summed E-state index contributed by atoms with van der Waals surface area (Å²) in [6, 6.07) is 6.23. The molecule has 3 nitrogen and oxygen atoms in total. The summed E-state index contributed by atoms with van der Waals surface area (Å²) < 4.78 is 13.4. The zero-order chi connectivity index (χ0) is 15.8. The fourth-order valence-corrected chi connectivity index (χ4v) is 3.40. The van der Waals surface area contributed by atoms with E-state index in [2.05, 4.69) is 49.7 Å². The van der Waals surface area contributed by atoms with E-state index in [1.165, 1.54) is 5.56 Å². The van der Waals surface area contributed by atoms with Gasteiger partial charge >= 0.3 is 0 Å². The van der Waals surface area contributed by atoms with Crippen molar-refractivity contribution in [1.82, 2.24) is 0 Å². The number of rotatable bonds is 4. The number of hydrogen-bond donors (Lipinski definition) is 1. The van der Waals surface area contributed by atoms with Gasteiger partial charge in [0.2, 0.25) is 0 Å². The van der Waals surface area contributed by atoms with Gasteiger partial charge in [-0.1, -0.05) is 15.9 Å². The van der Waals surface area contributed by atoms with E-state index in [-0.39, 0.29) is 23.3 Å². The molecule has 21 heavy (non-hydrogen) atoms. The number of ether oxygens (including phenoxy) is 2. The maximum atomic E-state index is 6.22. The first kappa shape index (κ1) is 16.8. The second kappa shape index (κ2) is 5.90. The molecule has 0 amide bonds. The van der Waals surface area contributed by atoms with Crippen molar-refractivity contribution in [2.75, 3.05) is 0 Å². The van der Waals surface area contributed by atoms with Crippen molar-refractivity contribution >= 4 is 15.9 Å². The number of benzene rings is 1. The lowest BCUT2D eigenvalue weighted by molar-refractivity contribution is -0.0846. The molecule has 1 saturated heterocycles. The van der Waals surface area contributed by atoms with Crippen LogP contribution in [0.1, 0.15) is 46.6 Å². The Labute approximate surface area is 136 Å². The normalized spacial score (nSPS) is 24.8. The minimum Gasteiger partial charge on any atom is -0.487 e. The van der Waals surface area contributed by atoms with Crippen molar-refractivity contribution in [1.29, 1.82) is 0 Å². The summed E-state index contributed by atoms with van der Waals surface area (Å²) in [7, 11) is 0. The second-order valence-electron chi connectivity index (χ2n) is 7.21. The quantitative estimate of drug-likeness (QED) is 0.885. The van der Waals surface area contributed by atoms with Gasteiger partial charge in [-0.2, -0.15) is 0 Å². The van der Waals surface area contributed by atoms with E-state index in [1.54, 1.807) is 0 Å². The minimum absolute atomic E-state index is 0.0526. The summed E-state index contributed by atoms with van der Waals surface area (Å²) in [5.74, 6) is 0.883. The maximum Gasteiger partial charge on any atom is 0.130 e. The van der Waals surface area contributed by atoms with Crippen LogP contribution in [0.25, 0.3) is 0 Å². The van der Waals surface area contributed by atoms with Crippen LogP contribution in [-0.2, 0) is 11.2 Å². The van der Waals surface area contributed by atoms with Crippen molar-refractivity contribution in [2.24, 2.45) is 5.73 Å². The summed E-state index contributed by atoms with van der Waals surface area (Å²) in [6.07, 6.45) is 1.77. The average molecular weight is 356 g/mol. The highest BCUT2D eigenvalue weighted by Gasteiger charge is 2.47. The highest BCUT2D eigenvalue weighted by Crippen LogP contribution is 2.39. The first-order chi connectivity index (χ1) is 9.59. The van der Waals surface area contributed by atoms with Crippen LogP contribution < -0.4 is 10.5 Å². The Bertz CT molecular complexity index is 512. The first-order valence-electron chi connectivity index (χ1n) is 7.50. The third kappa shape index (κ3) is 4.21. The zero-order valence-corrected chi connectivity index (χ0v) is 15.2.